The summed E-state index contributed by atoms with van der Waals surface area (Å²) >= 11 is 3.36. The molecular weight excluding hydrogens is 254 g/mol. The van der Waals surface area contributed by atoms with Gasteiger partial charge in [-0.05, 0) is 47.5 Å². The predicted octanol–water partition coefficient (Wildman–Crippen LogP) is 2.51. The Hall–Kier alpha value is -1.27. The summed E-state index contributed by atoms with van der Waals surface area (Å²) < 4.78 is 0.810. The Kier molecular flexibility index (Phi) is 4.38. The van der Waals surface area contributed by atoms with Crippen LogP contribution in [0.15, 0.2) is 22.7 Å². The monoisotopic (exact) mass is 265 g/mol. The molecule has 1 rings (SSSR count). The molecule has 0 aromatic heterocycles. The number of carbonyl (C=O) groups excluding carboxylic acids is 1. The quantitative estimate of drug-likeness (QED) is 0.819. The Morgan fingerprint density at radius 1 is 1.53 bits per heavy atom. The Bertz CT molecular complexity index is 429. The smallest absolute Gasteiger partial charge is 0.253 e. The minimum atomic E-state index is -0.107. The van der Waals surface area contributed by atoms with Crippen molar-refractivity contribution in [3.63, 3.8) is 0 Å². The van der Waals surface area contributed by atoms with Gasteiger partial charge in [0.2, 0.25) is 0 Å². The number of hydrogen-bond acceptors (Lipinski definition) is 1. The van der Waals surface area contributed by atoms with Gasteiger partial charge in [-0.1, -0.05) is 12.0 Å². The van der Waals surface area contributed by atoms with E-state index < -0.39 is 0 Å². The van der Waals surface area contributed by atoms with Crippen LogP contribution in [0.1, 0.15) is 22.8 Å². The van der Waals surface area contributed by atoms with Gasteiger partial charge in [0.1, 0.15) is 0 Å². The van der Waals surface area contributed by atoms with E-state index >= 15 is 0 Å². The van der Waals surface area contributed by atoms with Crippen molar-refractivity contribution in [2.75, 3.05) is 6.54 Å². The molecule has 1 aromatic carbocycles. The third-order valence-electron chi connectivity index (χ3n) is 1.88. The van der Waals surface area contributed by atoms with Crippen LogP contribution in [0.3, 0.4) is 0 Å². The average molecular weight is 266 g/mol. The van der Waals surface area contributed by atoms with Gasteiger partial charge in [-0.3, -0.25) is 4.79 Å². The lowest BCUT2D eigenvalue weighted by atomic mass is 10.1. The molecule has 1 amide bonds. The van der Waals surface area contributed by atoms with Crippen LogP contribution in [-0.4, -0.2) is 12.5 Å². The lowest BCUT2D eigenvalue weighted by Gasteiger charge is -2.04. The fourth-order valence-corrected chi connectivity index (χ4v) is 1.79. The molecule has 0 aliphatic heterocycles. The maximum atomic E-state index is 11.6. The fourth-order valence-electron chi connectivity index (χ4n) is 1.11. The molecule has 0 bridgehead atoms. The summed E-state index contributed by atoms with van der Waals surface area (Å²) in [7, 11) is 0. The third kappa shape index (κ3) is 3.41. The van der Waals surface area contributed by atoms with E-state index in [0.717, 1.165) is 10.0 Å². The number of rotatable bonds is 2. The van der Waals surface area contributed by atoms with Crippen molar-refractivity contribution in [2.45, 2.75) is 13.8 Å². The maximum Gasteiger partial charge on any atom is 0.253 e. The van der Waals surface area contributed by atoms with Crippen molar-refractivity contribution in [1.29, 1.82) is 0 Å². The van der Waals surface area contributed by atoms with Gasteiger partial charge in [0.05, 0.1) is 12.1 Å². The summed E-state index contributed by atoms with van der Waals surface area (Å²) in [6.45, 7) is 4.11. The van der Waals surface area contributed by atoms with Crippen molar-refractivity contribution in [2.24, 2.45) is 0 Å². The number of benzene rings is 1. The number of aryl methyl sites for hydroxylation is 1. The number of carbonyl (C=O) groups is 1. The molecule has 0 fully saturated rings. The van der Waals surface area contributed by atoms with E-state index in [1.165, 1.54) is 0 Å². The van der Waals surface area contributed by atoms with Crippen LogP contribution in [0.2, 0.25) is 0 Å². The Balaban J connectivity index is 2.76. The molecule has 0 unspecified atom stereocenters. The number of amides is 1. The minimum Gasteiger partial charge on any atom is -0.341 e. The molecule has 2 nitrogen and oxygen atoms in total. The first kappa shape index (κ1) is 11.8. The van der Waals surface area contributed by atoms with Crippen LogP contribution in [0.4, 0.5) is 0 Å². The molecular formula is C12H12BrNO. The predicted molar refractivity (Wildman–Crippen MR) is 64.7 cm³/mol. The van der Waals surface area contributed by atoms with E-state index in [1.807, 2.05) is 19.1 Å². The molecule has 1 aromatic rings. The maximum absolute atomic E-state index is 11.6. The second-order valence-electron chi connectivity index (χ2n) is 3.09. The van der Waals surface area contributed by atoms with E-state index in [-0.39, 0.29) is 5.91 Å². The van der Waals surface area contributed by atoms with Crippen LogP contribution in [-0.2, 0) is 0 Å². The molecule has 0 radical (unpaired) electrons. The second kappa shape index (κ2) is 5.57. The zero-order valence-corrected chi connectivity index (χ0v) is 10.3. The van der Waals surface area contributed by atoms with Crippen molar-refractivity contribution in [3.05, 3.63) is 33.8 Å². The molecule has 1 N–H and O–H groups in total. The molecule has 0 spiro atoms. The average Bonchev–Trinajstić information content (AvgIpc) is 2.17. The molecule has 0 aliphatic rings. The lowest BCUT2D eigenvalue weighted by Crippen LogP contribution is -2.23. The third-order valence-corrected chi connectivity index (χ3v) is 2.54. The van der Waals surface area contributed by atoms with E-state index in [4.69, 9.17) is 0 Å². The van der Waals surface area contributed by atoms with E-state index in [9.17, 15) is 4.79 Å². The number of nitrogens with one attached hydrogen (secondary N) is 1. The van der Waals surface area contributed by atoms with Gasteiger partial charge in [0.15, 0.2) is 0 Å². The normalized spacial score (nSPS) is 9.00. The van der Waals surface area contributed by atoms with Crippen molar-refractivity contribution in [1.82, 2.24) is 5.32 Å². The van der Waals surface area contributed by atoms with Crippen LogP contribution < -0.4 is 5.32 Å². The summed E-state index contributed by atoms with van der Waals surface area (Å²) in [6, 6.07) is 5.62. The summed E-state index contributed by atoms with van der Waals surface area (Å²) in [5, 5.41) is 2.72. The molecule has 78 valence electrons. The first-order valence-electron chi connectivity index (χ1n) is 4.59. The number of halogens is 1. The van der Waals surface area contributed by atoms with Crippen LogP contribution in [0, 0.1) is 18.8 Å². The zero-order valence-electron chi connectivity index (χ0n) is 8.73. The summed E-state index contributed by atoms with van der Waals surface area (Å²) in [5.74, 6) is 5.40. The van der Waals surface area contributed by atoms with Crippen molar-refractivity contribution in [3.8, 4) is 11.8 Å². The highest BCUT2D eigenvalue weighted by molar-refractivity contribution is 9.10. The van der Waals surface area contributed by atoms with Gasteiger partial charge < -0.3 is 5.32 Å². The lowest BCUT2D eigenvalue weighted by molar-refractivity contribution is 0.0958. The Labute approximate surface area is 98.2 Å². The van der Waals surface area contributed by atoms with Crippen molar-refractivity contribution >= 4 is 21.8 Å². The van der Waals surface area contributed by atoms with E-state index in [0.29, 0.717) is 12.1 Å². The molecule has 0 saturated heterocycles. The Morgan fingerprint density at radius 3 is 2.87 bits per heavy atom. The first-order valence-corrected chi connectivity index (χ1v) is 5.38. The van der Waals surface area contributed by atoms with Crippen LogP contribution >= 0.6 is 15.9 Å². The second-order valence-corrected chi connectivity index (χ2v) is 3.95. The van der Waals surface area contributed by atoms with Gasteiger partial charge in [-0.25, -0.2) is 0 Å². The highest BCUT2D eigenvalue weighted by atomic mass is 79.9. The zero-order chi connectivity index (χ0) is 11.3. The van der Waals surface area contributed by atoms with Gasteiger partial charge in [0.25, 0.3) is 5.91 Å². The van der Waals surface area contributed by atoms with Gasteiger partial charge in [-0.2, -0.15) is 0 Å². The summed E-state index contributed by atoms with van der Waals surface area (Å²) in [5.41, 5.74) is 1.75. The van der Waals surface area contributed by atoms with E-state index in [1.54, 1.807) is 13.0 Å². The SMILES string of the molecule is CC#CCNC(=O)c1ccc(C)cc1Br. The highest BCUT2D eigenvalue weighted by Gasteiger charge is 2.08. The first-order chi connectivity index (χ1) is 7.15. The molecule has 3 heteroatoms. The Morgan fingerprint density at radius 2 is 2.27 bits per heavy atom. The molecule has 0 heterocycles. The van der Waals surface area contributed by atoms with Crippen LogP contribution in [0.5, 0.6) is 0 Å². The summed E-state index contributed by atoms with van der Waals surface area (Å²) in [4.78, 5) is 11.6. The highest BCUT2D eigenvalue weighted by Crippen LogP contribution is 2.17. The summed E-state index contributed by atoms with van der Waals surface area (Å²) in [6.07, 6.45) is 0. The molecule has 15 heavy (non-hydrogen) atoms. The van der Waals surface area contributed by atoms with E-state index in [2.05, 4.69) is 33.1 Å². The topological polar surface area (TPSA) is 29.1 Å². The van der Waals surface area contributed by atoms with Crippen molar-refractivity contribution < 1.29 is 4.79 Å². The van der Waals surface area contributed by atoms with Gasteiger partial charge in [0, 0.05) is 4.47 Å². The molecule has 0 saturated carbocycles. The van der Waals surface area contributed by atoms with Gasteiger partial charge >= 0.3 is 0 Å². The minimum absolute atomic E-state index is 0.107. The molecule has 0 atom stereocenters. The van der Waals surface area contributed by atoms with Crippen LogP contribution in [0.25, 0.3) is 0 Å². The fraction of sp³-hybridized carbons (Fsp3) is 0.250. The standard InChI is InChI=1S/C12H12BrNO/c1-3-4-7-14-12(15)10-6-5-9(2)8-11(10)13/h5-6,8H,7H2,1-2H3,(H,14,15). The molecule has 0 aliphatic carbocycles. The number of hydrogen-bond donors (Lipinski definition) is 1. The van der Waals surface area contributed by atoms with Gasteiger partial charge in [-0.15, -0.1) is 5.92 Å². The largest absolute Gasteiger partial charge is 0.341 e.